The molecule has 21 heavy (non-hydrogen) atoms. The van der Waals surface area contributed by atoms with Crippen LogP contribution in [0.25, 0.3) is 0 Å². The molecule has 0 atom stereocenters. The van der Waals surface area contributed by atoms with E-state index in [4.69, 9.17) is 0 Å². The molecule has 0 saturated carbocycles. The highest BCUT2D eigenvalue weighted by molar-refractivity contribution is 5.74. The lowest BCUT2D eigenvalue weighted by Crippen LogP contribution is -2.17. The highest BCUT2D eigenvalue weighted by Gasteiger charge is 2.16. The summed E-state index contributed by atoms with van der Waals surface area (Å²) in [6.07, 6.45) is 2.17. The Morgan fingerprint density at radius 2 is 1.38 bits per heavy atom. The minimum Gasteiger partial charge on any atom is -0.314 e. The Morgan fingerprint density at radius 3 is 1.86 bits per heavy atom. The lowest BCUT2D eigenvalue weighted by Gasteiger charge is -2.29. The molecule has 0 heterocycles. The molecule has 0 radical (unpaired) electrons. The summed E-state index contributed by atoms with van der Waals surface area (Å²) >= 11 is 0. The van der Waals surface area contributed by atoms with E-state index >= 15 is 0 Å². The van der Waals surface area contributed by atoms with Gasteiger partial charge in [-0.25, -0.2) is 0 Å². The highest BCUT2D eigenvalue weighted by Crippen LogP contribution is 2.35. The zero-order chi connectivity index (χ0) is 15.6. The lowest BCUT2D eigenvalue weighted by molar-refractivity contribution is 1.11. The minimum atomic E-state index is 1.21. The molecule has 2 aromatic carbocycles. The maximum Gasteiger partial charge on any atom is 0.0516 e. The monoisotopic (exact) mass is 279 g/mol. The Labute approximate surface area is 128 Å². The molecule has 0 aromatic heterocycles. The van der Waals surface area contributed by atoms with Crippen LogP contribution in [0, 0.1) is 27.7 Å². The highest BCUT2D eigenvalue weighted by atomic mass is 15.1. The standard InChI is InChI=1S/C20H25N/c1-7-18(6)21(19-10-8-14(2)9-11-19)20-16(4)12-15(3)13-17(20)5/h7-13H,1-6H3/b18-7+. The summed E-state index contributed by atoms with van der Waals surface area (Å²) in [5.74, 6) is 0. The van der Waals surface area contributed by atoms with Crippen molar-refractivity contribution in [2.45, 2.75) is 41.5 Å². The first kappa shape index (κ1) is 15.4. The van der Waals surface area contributed by atoms with Crippen molar-refractivity contribution in [2.75, 3.05) is 4.90 Å². The normalized spacial score (nSPS) is 11.6. The summed E-state index contributed by atoms with van der Waals surface area (Å²) in [6, 6.07) is 13.2. The second kappa shape index (κ2) is 6.17. The molecule has 110 valence electrons. The predicted molar refractivity (Wildman–Crippen MR) is 93.4 cm³/mol. The van der Waals surface area contributed by atoms with E-state index in [2.05, 4.69) is 88.9 Å². The number of allylic oxidation sites excluding steroid dienone is 2. The van der Waals surface area contributed by atoms with Crippen LogP contribution in [-0.4, -0.2) is 0 Å². The molecule has 0 N–H and O–H groups in total. The van der Waals surface area contributed by atoms with E-state index < -0.39 is 0 Å². The first-order valence-electron chi connectivity index (χ1n) is 7.51. The van der Waals surface area contributed by atoms with Gasteiger partial charge in [-0.1, -0.05) is 41.5 Å². The van der Waals surface area contributed by atoms with Crippen molar-refractivity contribution in [3.05, 3.63) is 70.4 Å². The molecule has 0 aliphatic rings. The van der Waals surface area contributed by atoms with Crippen molar-refractivity contribution >= 4 is 11.4 Å². The summed E-state index contributed by atoms with van der Waals surface area (Å²) < 4.78 is 0. The molecule has 0 spiro atoms. The van der Waals surface area contributed by atoms with Crippen LogP contribution in [0.3, 0.4) is 0 Å². The van der Waals surface area contributed by atoms with Gasteiger partial charge in [0.05, 0.1) is 5.69 Å². The van der Waals surface area contributed by atoms with Gasteiger partial charge < -0.3 is 4.90 Å². The topological polar surface area (TPSA) is 3.24 Å². The van der Waals surface area contributed by atoms with E-state index in [9.17, 15) is 0 Å². The van der Waals surface area contributed by atoms with E-state index in [0.29, 0.717) is 0 Å². The number of aryl methyl sites for hydroxylation is 4. The van der Waals surface area contributed by atoms with Crippen LogP contribution < -0.4 is 4.90 Å². The molecular weight excluding hydrogens is 254 g/mol. The number of rotatable bonds is 3. The van der Waals surface area contributed by atoms with Crippen molar-refractivity contribution in [2.24, 2.45) is 0 Å². The fraction of sp³-hybridized carbons (Fsp3) is 0.300. The third-order valence-electron chi connectivity index (χ3n) is 3.92. The number of hydrogen-bond acceptors (Lipinski definition) is 1. The molecule has 0 saturated heterocycles. The second-order valence-corrected chi connectivity index (χ2v) is 5.85. The molecule has 0 aliphatic carbocycles. The number of benzene rings is 2. The van der Waals surface area contributed by atoms with Crippen molar-refractivity contribution in [3.8, 4) is 0 Å². The first-order chi connectivity index (χ1) is 9.93. The molecule has 1 heteroatoms. The van der Waals surface area contributed by atoms with Gasteiger partial charge in [0, 0.05) is 11.4 Å². The third-order valence-corrected chi connectivity index (χ3v) is 3.92. The van der Waals surface area contributed by atoms with E-state index in [-0.39, 0.29) is 0 Å². The van der Waals surface area contributed by atoms with E-state index in [1.807, 2.05) is 0 Å². The molecule has 2 aromatic rings. The quantitative estimate of drug-likeness (QED) is 0.667. The summed E-state index contributed by atoms with van der Waals surface area (Å²) in [7, 11) is 0. The number of nitrogens with zero attached hydrogens (tertiary/aromatic N) is 1. The first-order valence-corrected chi connectivity index (χ1v) is 7.51. The molecule has 2 rings (SSSR count). The summed E-state index contributed by atoms with van der Waals surface area (Å²) in [5.41, 5.74) is 8.98. The average molecular weight is 279 g/mol. The van der Waals surface area contributed by atoms with Crippen LogP contribution in [0.5, 0.6) is 0 Å². The van der Waals surface area contributed by atoms with Crippen molar-refractivity contribution in [1.82, 2.24) is 0 Å². The Kier molecular flexibility index (Phi) is 4.52. The predicted octanol–water partition coefficient (Wildman–Crippen LogP) is 5.98. The Bertz CT molecular complexity index is 640. The van der Waals surface area contributed by atoms with E-state index in [0.717, 1.165) is 0 Å². The Hall–Kier alpha value is -2.02. The number of hydrogen-bond donors (Lipinski definition) is 0. The van der Waals surface area contributed by atoms with E-state index in [1.54, 1.807) is 0 Å². The average Bonchev–Trinajstić information content (AvgIpc) is 2.43. The second-order valence-electron chi connectivity index (χ2n) is 5.85. The molecule has 0 amide bonds. The van der Waals surface area contributed by atoms with Gasteiger partial charge in [0.25, 0.3) is 0 Å². The third kappa shape index (κ3) is 3.18. The van der Waals surface area contributed by atoms with Gasteiger partial charge in [-0.3, -0.25) is 0 Å². The maximum atomic E-state index is 2.35. The fourth-order valence-electron chi connectivity index (χ4n) is 2.86. The van der Waals surface area contributed by atoms with Gasteiger partial charge in [-0.05, 0) is 64.8 Å². The van der Waals surface area contributed by atoms with Gasteiger partial charge in [-0.15, -0.1) is 0 Å². The van der Waals surface area contributed by atoms with E-state index in [1.165, 1.54) is 39.3 Å². The Balaban J connectivity index is 2.65. The van der Waals surface area contributed by atoms with Crippen LogP contribution in [0.4, 0.5) is 11.4 Å². The zero-order valence-corrected chi connectivity index (χ0v) is 14.0. The summed E-state index contributed by atoms with van der Waals surface area (Å²) in [5, 5.41) is 0. The van der Waals surface area contributed by atoms with Crippen LogP contribution in [0.2, 0.25) is 0 Å². The fourth-order valence-corrected chi connectivity index (χ4v) is 2.86. The van der Waals surface area contributed by atoms with Gasteiger partial charge in [0.15, 0.2) is 0 Å². The largest absolute Gasteiger partial charge is 0.314 e. The zero-order valence-electron chi connectivity index (χ0n) is 14.0. The van der Waals surface area contributed by atoms with Crippen molar-refractivity contribution < 1.29 is 0 Å². The van der Waals surface area contributed by atoms with Gasteiger partial charge >= 0.3 is 0 Å². The molecule has 0 aliphatic heterocycles. The maximum absolute atomic E-state index is 2.35. The Morgan fingerprint density at radius 1 is 0.857 bits per heavy atom. The van der Waals surface area contributed by atoms with Gasteiger partial charge in [0.1, 0.15) is 0 Å². The lowest BCUT2D eigenvalue weighted by atomic mass is 10.0. The van der Waals surface area contributed by atoms with Gasteiger partial charge in [0.2, 0.25) is 0 Å². The van der Waals surface area contributed by atoms with Crippen LogP contribution in [0.15, 0.2) is 48.2 Å². The van der Waals surface area contributed by atoms with Crippen molar-refractivity contribution in [3.63, 3.8) is 0 Å². The molecule has 0 fully saturated rings. The smallest absolute Gasteiger partial charge is 0.0516 e. The molecule has 1 nitrogen and oxygen atoms in total. The van der Waals surface area contributed by atoms with Gasteiger partial charge in [-0.2, -0.15) is 0 Å². The van der Waals surface area contributed by atoms with Crippen molar-refractivity contribution in [1.29, 1.82) is 0 Å². The van der Waals surface area contributed by atoms with Crippen LogP contribution in [0.1, 0.15) is 36.1 Å². The molecule has 0 unspecified atom stereocenters. The summed E-state index contributed by atoms with van der Waals surface area (Å²) in [6.45, 7) is 12.9. The van der Waals surface area contributed by atoms with Crippen LogP contribution in [-0.2, 0) is 0 Å². The SMILES string of the molecule is C/C=C(\C)N(c1ccc(C)cc1)c1c(C)cc(C)cc1C. The minimum absolute atomic E-state index is 1.21. The number of anilines is 2. The van der Waals surface area contributed by atoms with Crippen LogP contribution >= 0.6 is 0 Å². The molecule has 0 bridgehead atoms. The summed E-state index contributed by atoms with van der Waals surface area (Å²) in [4.78, 5) is 2.35. The molecular formula is C20H25N.